The number of carbonyl (C=O) groups is 2. The molecule has 1 aromatic carbocycles. The Bertz CT molecular complexity index is 1100. The van der Waals surface area contributed by atoms with Gasteiger partial charge in [-0.1, -0.05) is 53.7 Å². The summed E-state index contributed by atoms with van der Waals surface area (Å²) >= 11 is 0. The number of rotatable bonds is 13. The van der Waals surface area contributed by atoms with Crippen molar-refractivity contribution in [2.75, 3.05) is 0 Å². The molecule has 2 aliphatic rings. The molecule has 4 N–H and O–H groups in total. The molecule has 3 rings (SSSR count). The van der Waals surface area contributed by atoms with Crippen molar-refractivity contribution >= 4 is 11.8 Å². The number of phenols is 1. The van der Waals surface area contributed by atoms with E-state index in [4.69, 9.17) is 9.47 Å². The second kappa shape index (κ2) is 13.7. The number of hydrogen-bond acceptors (Lipinski definition) is 7. The summed E-state index contributed by atoms with van der Waals surface area (Å²) in [5, 5.41) is 42.1. The zero-order valence-corrected chi connectivity index (χ0v) is 26.9. The molecule has 0 spiro atoms. The van der Waals surface area contributed by atoms with Crippen molar-refractivity contribution in [3.63, 3.8) is 0 Å². The van der Waals surface area contributed by atoms with Gasteiger partial charge in [-0.2, -0.15) is 0 Å². The Morgan fingerprint density at radius 1 is 1.12 bits per heavy atom. The molecule has 2 fully saturated rings. The van der Waals surface area contributed by atoms with E-state index in [-0.39, 0.29) is 53.2 Å². The van der Waals surface area contributed by atoms with E-state index >= 15 is 0 Å². The van der Waals surface area contributed by atoms with Gasteiger partial charge in [0.2, 0.25) is 0 Å². The quantitative estimate of drug-likeness (QED) is 0.225. The summed E-state index contributed by atoms with van der Waals surface area (Å²) in [6.07, 6.45) is 3.34. The number of aliphatic hydroxyl groups excluding tert-OH is 1. The molecule has 10 atom stereocenters. The first-order valence-corrected chi connectivity index (χ1v) is 16.0. The van der Waals surface area contributed by atoms with Crippen molar-refractivity contribution in [2.45, 2.75) is 142 Å². The zero-order chi connectivity index (χ0) is 31.6. The van der Waals surface area contributed by atoms with Gasteiger partial charge in [0.1, 0.15) is 17.1 Å². The lowest BCUT2D eigenvalue weighted by molar-refractivity contribution is -0.229. The van der Waals surface area contributed by atoms with Gasteiger partial charge in [-0.3, -0.25) is 4.79 Å². The monoisotopic (exact) mass is 590 g/mol. The van der Waals surface area contributed by atoms with Crippen LogP contribution in [0.3, 0.4) is 0 Å². The number of carboxylic acids is 1. The number of aromatic carboxylic acids is 1. The van der Waals surface area contributed by atoms with Crippen LogP contribution < -0.4 is 0 Å². The molecule has 42 heavy (non-hydrogen) atoms. The van der Waals surface area contributed by atoms with E-state index in [0.29, 0.717) is 49.7 Å². The largest absolute Gasteiger partial charge is 0.507 e. The van der Waals surface area contributed by atoms with E-state index in [9.17, 15) is 30.0 Å². The lowest BCUT2D eigenvalue weighted by Crippen LogP contribution is -2.55. The number of aliphatic hydroxyl groups is 2. The van der Waals surface area contributed by atoms with Crippen LogP contribution in [0.5, 0.6) is 5.75 Å². The Morgan fingerprint density at radius 2 is 1.79 bits per heavy atom. The third kappa shape index (κ3) is 6.72. The number of ether oxygens (including phenoxy) is 2. The standard InChI is InChI=1S/C34H54O8/c1-9-25(31-21(6)18-34(11-3,42-31)26-16-17-33(40,10-2)23(8)41-26)30(37)22(7)28(35)19(4)12-14-24-15-13-20(5)29(36)27(24)32(38)39/h13,15,19,21-23,25-26,28,31,35-36,40H,9-12,14,16-18H2,1-8H3,(H,38,39)/t19-,21+,22-,23-,25-,26+,28-,31-,33-,34+/m1/s1. The zero-order valence-electron chi connectivity index (χ0n) is 26.9. The molecule has 0 radical (unpaired) electrons. The van der Waals surface area contributed by atoms with E-state index in [1.807, 2.05) is 27.7 Å². The minimum atomic E-state index is -1.18. The predicted molar refractivity (Wildman–Crippen MR) is 162 cm³/mol. The van der Waals surface area contributed by atoms with Gasteiger partial charge in [-0.25, -0.2) is 4.79 Å². The molecule has 0 aromatic heterocycles. The van der Waals surface area contributed by atoms with Gasteiger partial charge in [0, 0.05) is 11.8 Å². The van der Waals surface area contributed by atoms with Crippen molar-refractivity contribution in [2.24, 2.45) is 23.7 Å². The summed E-state index contributed by atoms with van der Waals surface area (Å²) in [5.74, 6) is -2.55. The maximum atomic E-state index is 13.9. The molecule has 238 valence electrons. The first-order chi connectivity index (χ1) is 19.7. The maximum absolute atomic E-state index is 13.9. The number of aromatic hydroxyl groups is 1. The highest BCUT2D eigenvalue weighted by Crippen LogP contribution is 2.48. The topological polar surface area (TPSA) is 134 Å². The van der Waals surface area contributed by atoms with Crippen molar-refractivity contribution in [3.05, 3.63) is 28.8 Å². The van der Waals surface area contributed by atoms with Crippen molar-refractivity contribution in [1.82, 2.24) is 0 Å². The fourth-order valence-electron chi connectivity index (χ4n) is 7.45. The Hall–Kier alpha value is -2.00. The Kier molecular flexibility index (Phi) is 11.3. The summed E-state index contributed by atoms with van der Waals surface area (Å²) < 4.78 is 13.2. The smallest absolute Gasteiger partial charge is 0.339 e. The maximum Gasteiger partial charge on any atom is 0.339 e. The molecule has 8 nitrogen and oxygen atoms in total. The number of hydrogen-bond donors (Lipinski definition) is 4. The van der Waals surface area contributed by atoms with E-state index in [0.717, 1.165) is 12.8 Å². The highest BCUT2D eigenvalue weighted by molar-refractivity contribution is 5.93. The minimum Gasteiger partial charge on any atom is -0.507 e. The van der Waals surface area contributed by atoms with Crippen LogP contribution in [-0.2, 0) is 20.7 Å². The van der Waals surface area contributed by atoms with Gasteiger partial charge in [-0.05, 0) is 88.2 Å². The minimum absolute atomic E-state index is 0.0157. The molecule has 0 bridgehead atoms. The normalized spacial score (nSPS) is 32.7. The van der Waals surface area contributed by atoms with E-state index in [1.165, 1.54) is 0 Å². The number of ketones is 1. The highest BCUT2D eigenvalue weighted by atomic mass is 16.6. The van der Waals surface area contributed by atoms with Gasteiger partial charge < -0.3 is 29.9 Å². The van der Waals surface area contributed by atoms with Crippen LogP contribution in [0, 0.1) is 30.6 Å². The second-order valence-electron chi connectivity index (χ2n) is 13.2. The van der Waals surface area contributed by atoms with E-state index in [2.05, 4.69) is 13.8 Å². The van der Waals surface area contributed by atoms with Crippen molar-refractivity contribution in [1.29, 1.82) is 0 Å². The van der Waals surface area contributed by atoms with Crippen LogP contribution in [0.1, 0.15) is 115 Å². The SMILES string of the molecule is CC[C@H](C(=O)[C@H](C)[C@H](O)[C@H](C)CCc1ccc(C)c(O)c1C(=O)O)[C@@H]1O[C@](CC)([C@@H]2CC[C@](O)(CC)[C@@H](C)O2)C[C@@H]1C. The summed E-state index contributed by atoms with van der Waals surface area (Å²) in [5.41, 5.74) is -0.437. The van der Waals surface area contributed by atoms with Crippen molar-refractivity contribution in [3.8, 4) is 5.75 Å². The lowest BCUT2D eigenvalue weighted by atomic mass is 9.76. The molecule has 8 heteroatoms. The Morgan fingerprint density at radius 3 is 2.33 bits per heavy atom. The van der Waals surface area contributed by atoms with Gasteiger partial charge in [-0.15, -0.1) is 0 Å². The van der Waals surface area contributed by atoms with Crippen molar-refractivity contribution < 1.29 is 39.5 Å². The fraction of sp³-hybridized carbons (Fsp3) is 0.765. The number of benzene rings is 1. The summed E-state index contributed by atoms with van der Waals surface area (Å²) in [6.45, 7) is 15.4. The number of aryl methyl sites for hydroxylation is 2. The van der Waals surface area contributed by atoms with Crippen LogP contribution in [-0.4, -0.2) is 67.8 Å². The number of Topliss-reactive ketones (excluding diaryl/α,β-unsaturated/α-hetero) is 1. The Balaban J connectivity index is 1.69. The molecule has 0 aliphatic carbocycles. The number of carbonyl (C=O) groups excluding carboxylic acids is 1. The molecule has 1 aromatic rings. The highest BCUT2D eigenvalue weighted by Gasteiger charge is 2.55. The second-order valence-corrected chi connectivity index (χ2v) is 13.2. The molecule has 2 heterocycles. The average Bonchev–Trinajstić information content (AvgIpc) is 3.31. The fourth-order valence-corrected chi connectivity index (χ4v) is 7.45. The van der Waals surface area contributed by atoms with Gasteiger partial charge in [0.05, 0.1) is 35.6 Å². The predicted octanol–water partition coefficient (Wildman–Crippen LogP) is 5.84. The third-order valence-electron chi connectivity index (χ3n) is 10.7. The summed E-state index contributed by atoms with van der Waals surface area (Å²) in [6, 6.07) is 3.40. The van der Waals surface area contributed by atoms with E-state index in [1.54, 1.807) is 26.0 Å². The first kappa shape index (κ1) is 34.5. The first-order valence-electron chi connectivity index (χ1n) is 16.0. The Labute approximate surface area is 251 Å². The van der Waals surface area contributed by atoms with E-state index < -0.39 is 29.2 Å². The molecule has 0 unspecified atom stereocenters. The number of carboxylic acid groups (broad SMARTS) is 1. The summed E-state index contributed by atoms with van der Waals surface area (Å²) in [7, 11) is 0. The molecular formula is C34H54O8. The molecule has 2 aliphatic heterocycles. The van der Waals surface area contributed by atoms with Crippen LogP contribution in [0.15, 0.2) is 12.1 Å². The molecule has 0 amide bonds. The van der Waals surface area contributed by atoms with Gasteiger partial charge in [0.15, 0.2) is 0 Å². The molecule has 0 saturated carbocycles. The average molecular weight is 591 g/mol. The van der Waals surface area contributed by atoms with Crippen LogP contribution in [0.25, 0.3) is 0 Å². The van der Waals surface area contributed by atoms with Crippen LogP contribution >= 0.6 is 0 Å². The lowest BCUT2D eigenvalue weighted by Gasteiger charge is -2.47. The summed E-state index contributed by atoms with van der Waals surface area (Å²) in [4.78, 5) is 25.7. The van der Waals surface area contributed by atoms with Gasteiger partial charge in [0.25, 0.3) is 0 Å². The third-order valence-corrected chi connectivity index (χ3v) is 10.7. The molecular weight excluding hydrogens is 536 g/mol. The van der Waals surface area contributed by atoms with Gasteiger partial charge >= 0.3 is 5.97 Å². The van der Waals surface area contributed by atoms with Crippen LogP contribution in [0.4, 0.5) is 0 Å². The van der Waals surface area contributed by atoms with Crippen LogP contribution in [0.2, 0.25) is 0 Å². The molecule has 2 saturated heterocycles.